The lowest BCUT2D eigenvalue weighted by Gasteiger charge is -2.10. The number of nitrogens with zero attached hydrogens (tertiary/aromatic N) is 2. The van der Waals surface area contributed by atoms with Crippen molar-refractivity contribution < 1.29 is 9.53 Å². The van der Waals surface area contributed by atoms with Gasteiger partial charge in [-0.3, -0.25) is 14.0 Å². The molecule has 2 aromatic heterocycles. The molecule has 1 aliphatic rings. The van der Waals surface area contributed by atoms with Crippen molar-refractivity contribution in [3.8, 4) is 0 Å². The Morgan fingerprint density at radius 1 is 1.47 bits per heavy atom. The Balaban J connectivity index is 1.94. The molecule has 1 saturated heterocycles. The highest BCUT2D eigenvalue weighted by Gasteiger charge is 2.20. The molecule has 19 heavy (non-hydrogen) atoms. The van der Waals surface area contributed by atoms with Crippen molar-refractivity contribution in [1.29, 1.82) is 0 Å². The zero-order chi connectivity index (χ0) is 13.2. The van der Waals surface area contributed by atoms with Gasteiger partial charge >= 0.3 is 0 Å². The smallest absolute Gasteiger partial charge is 0.270 e. The molecule has 3 heterocycles. The van der Waals surface area contributed by atoms with Crippen molar-refractivity contribution in [3.63, 3.8) is 0 Å². The number of amides is 1. The molecular weight excluding hydrogens is 246 g/mol. The SMILES string of the molecule is O=C(N[C@H]1CCOC1)c1cnc2ccccn2c1=O. The zero-order valence-corrected chi connectivity index (χ0v) is 10.2. The minimum atomic E-state index is -0.397. The molecule has 0 aromatic carbocycles. The number of hydrogen-bond acceptors (Lipinski definition) is 4. The minimum Gasteiger partial charge on any atom is -0.379 e. The van der Waals surface area contributed by atoms with Gasteiger partial charge in [0.1, 0.15) is 11.2 Å². The van der Waals surface area contributed by atoms with Gasteiger partial charge < -0.3 is 10.1 Å². The zero-order valence-electron chi connectivity index (χ0n) is 10.2. The van der Waals surface area contributed by atoms with Crippen LogP contribution >= 0.6 is 0 Å². The average Bonchev–Trinajstić information content (AvgIpc) is 2.92. The summed E-state index contributed by atoms with van der Waals surface area (Å²) in [5, 5.41) is 2.78. The third-order valence-electron chi connectivity index (χ3n) is 3.12. The number of pyridine rings is 1. The van der Waals surface area contributed by atoms with Crippen molar-refractivity contribution in [2.75, 3.05) is 13.2 Å². The molecule has 98 valence electrons. The van der Waals surface area contributed by atoms with Gasteiger partial charge in [-0.1, -0.05) is 6.07 Å². The fraction of sp³-hybridized carbons (Fsp3) is 0.308. The normalized spacial score (nSPS) is 18.6. The maximum absolute atomic E-state index is 12.2. The molecule has 0 unspecified atom stereocenters. The summed E-state index contributed by atoms with van der Waals surface area (Å²) in [5.41, 5.74) is 0.214. The van der Waals surface area contributed by atoms with Crippen molar-refractivity contribution in [3.05, 3.63) is 46.5 Å². The molecule has 1 N–H and O–H groups in total. The molecule has 0 spiro atoms. The topological polar surface area (TPSA) is 72.7 Å². The molecule has 0 radical (unpaired) electrons. The van der Waals surface area contributed by atoms with E-state index in [9.17, 15) is 9.59 Å². The second kappa shape index (κ2) is 4.81. The molecule has 6 heteroatoms. The molecule has 0 aliphatic carbocycles. The molecule has 0 bridgehead atoms. The number of carbonyl (C=O) groups excluding carboxylic acids is 1. The van der Waals surface area contributed by atoms with Crippen molar-refractivity contribution in [2.24, 2.45) is 0 Å². The third kappa shape index (κ3) is 2.22. The Labute approximate surface area is 109 Å². The van der Waals surface area contributed by atoms with Crippen LogP contribution in [0.4, 0.5) is 0 Å². The number of carbonyl (C=O) groups is 1. The van der Waals surface area contributed by atoms with Crippen LogP contribution in [0.25, 0.3) is 5.65 Å². The van der Waals surface area contributed by atoms with E-state index in [0.29, 0.717) is 18.9 Å². The highest BCUT2D eigenvalue weighted by Crippen LogP contribution is 2.04. The Bertz CT molecular complexity index is 674. The number of hydrogen-bond donors (Lipinski definition) is 1. The Hall–Kier alpha value is -2.21. The average molecular weight is 259 g/mol. The molecule has 1 aliphatic heterocycles. The van der Waals surface area contributed by atoms with Crippen LogP contribution in [0, 0.1) is 0 Å². The number of rotatable bonds is 2. The second-order valence-electron chi connectivity index (χ2n) is 4.44. The van der Waals surface area contributed by atoms with Gasteiger partial charge in [0.15, 0.2) is 0 Å². The number of ether oxygens (including phenoxy) is 1. The summed E-state index contributed by atoms with van der Waals surface area (Å²) < 4.78 is 6.54. The van der Waals surface area contributed by atoms with E-state index in [4.69, 9.17) is 4.74 Å². The van der Waals surface area contributed by atoms with E-state index in [1.54, 1.807) is 24.4 Å². The summed E-state index contributed by atoms with van der Waals surface area (Å²) in [6.07, 6.45) is 3.69. The monoisotopic (exact) mass is 259 g/mol. The first kappa shape index (κ1) is 11.9. The maximum atomic E-state index is 12.2. The Morgan fingerprint density at radius 3 is 3.16 bits per heavy atom. The Morgan fingerprint density at radius 2 is 2.37 bits per heavy atom. The first-order chi connectivity index (χ1) is 9.25. The van der Waals surface area contributed by atoms with Crippen LogP contribution in [0.3, 0.4) is 0 Å². The van der Waals surface area contributed by atoms with Gasteiger partial charge in [0.2, 0.25) is 0 Å². The summed E-state index contributed by atoms with van der Waals surface area (Å²) in [6, 6.07) is 5.21. The predicted octanol–water partition coefficient (Wildman–Crippen LogP) is 0.213. The summed E-state index contributed by atoms with van der Waals surface area (Å²) >= 11 is 0. The molecular formula is C13H13N3O3. The maximum Gasteiger partial charge on any atom is 0.270 e. The molecule has 1 amide bonds. The predicted molar refractivity (Wildman–Crippen MR) is 68.2 cm³/mol. The van der Waals surface area contributed by atoms with E-state index >= 15 is 0 Å². The fourth-order valence-corrected chi connectivity index (χ4v) is 2.09. The highest BCUT2D eigenvalue weighted by atomic mass is 16.5. The molecule has 1 fully saturated rings. The standard InChI is InChI=1S/C13H13N3O3/c17-12(15-9-4-6-19-8-9)10-7-14-11-3-1-2-5-16(11)13(10)18/h1-3,5,7,9H,4,6,8H2,(H,15,17)/t9-/m0/s1. The van der Waals surface area contributed by atoms with Crippen molar-refractivity contribution in [2.45, 2.75) is 12.5 Å². The third-order valence-corrected chi connectivity index (χ3v) is 3.12. The van der Waals surface area contributed by atoms with E-state index in [-0.39, 0.29) is 17.2 Å². The number of aromatic nitrogens is 2. The molecule has 1 atom stereocenters. The van der Waals surface area contributed by atoms with Crippen LogP contribution in [0.2, 0.25) is 0 Å². The van der Waals surface area contributed by atoms with E-state index in [1.807, 2.05) is 0 Å². The quantitative estimate of drug-likeness (QED) is 0.837. The summed E-state index contributed by atoms with van der Waals surface area (Å²) in [7, 11) is 0. The summed E-state index contributed by atoms with van der Waals surface area (Å²) in [5.74, 6) is -0.397. The van der Waals surface area contributed by atoms with E-state index in [2.05, 4.69) is 10.3 Å². The van der Waals surface area contributed by atoms with Crippen molar-refractivity contribution in [1.82, 2.24) is 14.7 Å². The second-order valence-corrected chi connectivity index (χ2v) is 4.44. The highest BCUT2D eigenvalue weighted by molar-refractivity contribution is 5.93. The van der Waals surface area contributed by atoms with E-state index in [0.717, 1.165) is 6.42 Å². The van der Waals surface area contributed by atoms with E-state index in [1.165, 1.54) is 10.6 Å². The Kier molecular flexibility index (Phi) is 3.00. The summed E-state index contributed by atoms with van der Waals surface area (Å²) in [4.78, 5) is 28.3. The van der Waals surface area contributed by atoms with Crippen LogP contribution < -0.4 is 10.9 Å². The van der Waals surface area contributed by atoms with Crippen LogP contribution in [0.5, 0.6) is 0 Å². The first-order valence-corrected chi connectivity index (χ1v) is 6.11. The van der Waals surface area contributed by atoms with Gasteiger partial charge in [-0.25, -0.2) is 4.98 Å². The minimum absolute atomic E-state index is 0.0247. The lowest BCUT2D eigenvalue weighted by atomic mass is 10.2. The molecule has 2 aromatic rings. The number of nitrogens with one attached hydrogen (secondary N) is 1. The molecule has 6 nitrogen and oxygen atoms in total. The van der Waals surface area contributed by atoms with Gasteiger partial charge in [0, 0.05) is 19.0 Å². The van der Waals surface area contributed by atoms with Gasteiger partial charge in [0.05, 0.1) is 12.6 Å². The van der Waals surface area contributed by atoms with Crippen LogP contribution in [0.15, 0.2) is 35.4 Å². The first-order valence-electron chi connectivity index (χ1n) is 6.11. The van der Waals surface area contributed by atoms with Gasteiger partial charge in [0.25, 0.3) is 11.5 Å². The molecule has 3 rings (SSSR count). The van der Waals surface area contributed by atoms with Crippen LogP contribution in [0.1, 0.15) is 16.8 Å². The van der Waals surface area contributed by atoms with Gasteiger partial charge in [-0.15, -0.1) is 0 Å². The van der Waals surface area contributed by atoms with Crippen LogP contribution in [-0.4, -0.2) is 34.5 Å². The number of fused-ring (bicyclic) bond motifs is 1. The largest absolute Gasteiger partial charge is 0.379 e. The van der Waals surface area contributed by atoms with Gasteiger partial charge in [-0.05, 0) is 18.6 Å². The summed E-state index contributed by atoms with van der Waals surface area (Å²) in [6.45, 7) is 1.13. The van der Waals surface area contributed by atoms with E-state index < -0.39 is 5.91 Å². The van der Waals surface area contributed by atoms with Crippen molar-refractivity contribution >= 4 is 11.6 Å². The lowest BCUT2D eigenvalue weighted by molar-refractivity contribution is 0.0928. The molecule has 0 saturated carbocycles. The fourth-order valence-electron chi connectivity index (χ4n) is 2.09. The van der Waals surface area contributed by atoms with Crippen LogP contribution in [-0.2, 0) is 4.74 Å². The lowest BCUT2D eigenvalue weighted by Crippen LogP contribution is -2.38. The van der Waals surface area contributed by atoms with Gasteiger partial charge in [-0.2, -0.15) is 0 Å².